The Bertz CT molecular complexity index is 1100. The maximum absolute atomic E-state index is 13.8. The third-order valence-corrected chi connectivity index (χ3v) is 5.78. The van der Waals surface area contributed by atoms with Gasteiger partial charge in [0.2, 0.25) is 0 Å². The molecule has 2 aliphatic rings. The molecule has 6 amide bonds. The molecule has 1 atom stereocenters. The van der Waals surface area contributed by atoms with Crippen LogP contribution in [0.15, 0.2) is 42.5 Å². The van der Waals surface area contributed by atoms with Crippen LogP contribution in [0, 0.1) is 12.7 Å². The van der Waals surface area contributed by atoms with Gasteiger partial charge < -0.3 is 20.4 Å². The van der Waals surface area contributed by atoms with Gasteiger partial charge in [0.15, 0.2) is 0 Å². The number of aryl methyl sites for hydroxylation is 1. The normalized spacial score (nSPS) is 18.1. The predicted molar refractivity (Wildman–Crippen MR) is 118 cm³/mol. The minimum atomic E-state index is -0.603. The summed E-state index contributed by atoms with van der Waals surface area (Å²) in [5, 5.41) is 7.56. The molecule has 2 aromatic carbocycles. The number of nitrogens with one attached hydrogen (secondary N) is 3. The molecule has 172 valence electrons. The number of hydrogen-bond acceptors (Lipinski definition) is 4. The number of rotatable bonds is 4. The van der Waals surface area contributed by atoms with E-state index in [1.54, 1.807) is 53.1 Å². The Kier molecular flexibility index (Phi) is 6.25. The summed E-state index contributed by atoms with van der Waals surface area (Å²) in [5.41, 5.74) is 2.22. The van der Waals surface area contributed by atoms with Crippen molar-refractivity contribution in [1.29, 1.82) is 0 Å². The lowest BCUT2D eigenvalue weighted by molar-refractivity contribution is -0.120. The van der Waals surface area contributed by atoms with E-state index in [-0.39, 0.29) is 17.8 Å². The average Bonchev–Trinajstić information content (AvgIpc) is 3.13. The summed E-state index contributed by atoms with van der Waals surface area (Å²) >= 11 is 0. The van der Waals surface area contributed by atoms with Crippen LogP contribution < -0.4 is 16.0 Å². The number of amides is 6. The summed E-state index contributed by atoms with van der Waals surface area (Å²) in [5.74, 6) is -1.03. The highest BCUT2D eigenvalue weighted by molar-refractivity contribution is 6.04. The largest absolute Gasteiger partial charge is 0.335 e. The molecule has 2 saturated heterocycles. The fourth-order valence-corrected chi connectivity index (χ4v) is 3.79. The molecule has 0 spiro atoms. The number of benzene rings is 2. The minimum Gasteiger partial charge on any atom is -0.335 e. The molecule has 0 radical (unpaired) electrons. The van der Waals surface area contributed by atoms with Crippen LogP contribution in [0.25, 0.3) is 0 Å². The lowest BCUT2D eigenvalue weighted by atomic mass is 10.1. The van der Waals surface area contributed by atoms with E-state index in [2.05, 4.69) is 16.0 Å². The Morgan fingerprint density at radius 1 is 1.03 bits per heavy atom. The van der Waals surface area contributed by atoms with Gasteiger partial charge in [-0.25, -0.2) is 14.0 Å². The summed E-state index contributed by atoms with van der Waals surface area (Å²) in [6, 6.07) is 10.1. The summed E-state index contributed by atoms with van der Waals surface area (Å²) in [6.07, 6.45) is 0.354. The van der Waals surface area contributed by atoms with Gasteiger partial charge in [-0.15, -0.1) is 0 Å². The summed E-state index contributed by atoms with van der Waals surface area (Å²) in [6.45, 7) is 3.08. The van der Waals surface area contributed by atoms with Crippen LogP contribution in [0.1, 0.15) is 21.5 Å². The maximum Gasteiger partial charge on any atom is 0.322 e. The smallest absolute Gasteiger partial charge is 0.322 e. The molecule has 3 N–H and O–H groups in total. The Morgan fingerprint density at radius 2 is 1.70 bits per heavy atom. The van der Waals surface area contributed by atoms with E-state index in [4.69, 9.17) is 0 Å². The van der Waals surface area contributed by atoms with E-state index in [1.807, 2.05) is 0 Å². The third kappa shape index (κ3) is 5.11. The van der Waals surface area contributed by atoms with Gasteiger partial charge in [-0.2, -0.15) is 0 Å². The van der Waals surface area contributed by atoms with Crippen molar-refractivity contribution in [1.82, 2.24) is 20.4 Å². The highest BCUT2D eigenvalue weighted by Gasteiger charge is 2.29. The Labute approximate surface area is 189 Å². The van der Waals surface area contributed by atoms with Crippen LogP contribution in [-0.2, 0) is 11.2 Å². The van der Waals surface area contributed by atoms with Gasteiger partial charge in [0.1, 0.15) is 11.9 Å². The van der Waals surface area contributed by atoms with Crippen LogP contribution in [0.2, 0.25) is 0 Å². The molecule has 0 saturated carbocycles. The van der Waals surface area contributed by atoms with Crippen molar-refractivity contribution >= 4 is 29.6 Å². The first-order valence-electron chi connectivity index (χ1n) is 10.6. The van der Waals surface area contributed by atoms with Crippen molar-refractivity contribution in [3.8, 4) is 0 Å². The van der Waals surface area contributed by atoms with Gasteiger partial charge in [-0.3, -0.25) is 14.9 Å². The molecular weight excluding hydrogens is 429 g/mol. The topological polar surface area (TPSA) is 111 Å². The zero-order valence-electron chi connectivity index (χ0n) is 18.1. The highest BCUT2D eigenvalue weighted by Crippen LogP contribution is 2.16. The molecule has 2 aromatic rings. The second-order valence-electron chi connectivity index (χ2n) is 8.09. The van der Waals surface area contributed by atoms with Crippen molar-refractivity contribution < 1.29 is 23.6 Å². The van der Waals surface area contributed by atoms with Gasteiger partial charge in [0.05, 0.1) is 0 Å². The van der Waals surface area contributed by atoms with Gasteiger partial charge >= 0.3 is 12.1 Å². The van der Waals surface area contributed by atoms with E-state index in [0.717, 1.165) is 5.56 Å². The first-order valence-corrected chi connectivity index (χ1v) is 10.6. The van der Waals surface area contributed by atoms with Crippen LogP contribution >= 0.6 is 0 Å². The number of piperazine rings is 1. The lowest BCUT2D eigenvalue weighted by Crippen LogP contribution is -2.51. The van der Waals surface area contributed by atoms with Crippen LogP contribution in [0.5, 0.6) is 0 Å². The maximum atomic E-state index is 13.8. The first-order chi connectivity index (χ1) is 15.8. The molecule has 2 aliphatic heterocycles. The monoisotopic (exact) mass is 453 g/mol. The minimum absolute atomic E-state index is 0.253. The highest BCUT2D eigenvalue weighted by atomic mass is 19.1. The number of nitrogens with zero attached hydrogens (tertiary/aromatic N) is 2. The molecule has 33 heavy (non-hydrogen) atoms. The van der Waals surface area contributed by atoms with E-state index in [1.165, 1.54) is 6.07 Å². The molecular formula is C23H24FN5O4. The van der Waals surface area contributed by atoms with Gasteiger partial charge in [0.25, 0.3) is 11.8 Å². The van der Waals surface area contributed by atoms with Gasteiger partial charge in [-0.05, 0) is 42.3 Å². The van der Waals surface area contributed by atoms with Crippen molar-refractivity contribution in [3.05, 3.63) is 65.0 Å². The van der Waals surface area contributed by atoms with Crippen molar-refractivity contribution in [2.45, 2.75) is 19.4 Å². The number of urea groups is 2. The van der Waals surface area contributed by atoms with Gasteiger partial charge in [-0.1, -0.05) is 18.2 Å². The molecule has 0 aromatic heterocycles. The molecule has 10 heteroatoms. The number of carbonyl (C=O) groups is 4. The van der Waals surface area contributed by atoms with Gasteiger partial charge in [0, 0.05) is 43.9 Å². The fourth-order valence-electron chi connectivity index (χ4n) is 3.79. The number of carbonyl (C=O) groups excluding carboxylic acids is 4. The summed E-state index contributed by atoms with van der Waals surface area (Å²) in [4.78, 5) is 51.3. The number of imide groups is 1. The third-order valence-electron chi connectivity index (χ3n) is 5.78. The van der Waals surface area contributed by atoms with Crippen LogP contribution in [-0.4, -0.2) is 65.9 Å². The molecule has 0 bridgehead atoms. The zero-order chi connectivity index (χ0) is 23.5. The molecule has 2 fully saturated rings. The Morgan fingerprint density at radius 3 is 2.30 bits per heavy atom. The predicted octanol–water partition coefficient (Wildman–Crippen LogP) is 1.87. The van der Waals surface area contributed by atoms with Crippen molar-refractivity contribution in [2.24, 2.45) is 0 Å². The number of halogens is 1. The Hall–Kier alpha value is -3.95. The number of hydrogen-bond donors (Lipinski definition) is 3. The molecule has 0 aliphatic carbocycles. The SMILES string of the molecule is Cc1ccc(C(=O)N2CCN(C(=O)Nc3ccc(CC4NC(=O)NC4=O)cc3)CC2)cc1F. The Balaban J connectivity index is 1.27. The molecule has 1 unspecified atom stereocenters. The van der Waals surface area contributed by atoms with E-state index < -0.39 is 17.9 Å². The zero-order valence-corrected chi connectivity index (χ0v) is 18.1. The van der Waals surface area contributed by atoms with Crippen molar-refractivity contribution in [3.63, 3.8) is 0 Å². The standard InChI is InChI=1S/C23H24FN5O4/c1-14-2-5-16(13-18(14)24)21(31)28-8-10-29(11-9-28)23(33)25-17-6-3-15(4-7-17)12-19-20(30)27-22(32)26-19/h2-7,13,19H,8-12H2,1H3,(H,25,33)(H2,26,27,30,32). The average molecular weight is 453 g/mol. The second-order valence-corrected chi connectivity index (χ2v) is 8.09. The summed E-state index contributed by atoms with van der Waals surface area (Å²) < 4.78 is 13.8. The lowest BCUT2D eigenvalue weighted by Gasteiger charge is -2.34. The number of anilines is 1. The molecule has 9 nitrogen and oxygen atoms in total. The van der Waals surface area contributed by atoms with E-state index in [9.17, 15) is 23.6 Å². The summed E-state index contributed by atoms with van der Waals surface area (Å²) in [7, 11) is 0. The van der Waals surface area contributed by atoms with Crippen LogP contribution in [0.4, 0.5) is 19.7 Å². The van der Waals surface area contributed by atoms with Crippen LogP contribution in [0.3, 0.4) is 0 Å². The second kappa shape index (κ2) is 9.27. The van der Waals surface area contributed by atoms with E-state index in [0.29, 0.717) is 49.4 Å². The molecule has 4 rings (SSSR count). The first kappa shape index (κ1) is 22.3. The van der Waals surface area contributed by atoms with E-state index >= 15 is 0 Å². The fraction of sp³-hybridized carbons (Fsp3) is 0.304. The molecule has 2 heterocycles. The quantitative estimate of drug-likeness (QED) is 0.614. The van der Waals surface area contributed by atoms with Crippen molar-refractivity contribution in [2.75, 3.05) is 31.5 Å².